The van der Waals surface area contributed by atoms with Crippen molar-refractivity contribution < 1.29 is 4.74 Å². The van der Waals surface area contributed by atoms with Gasteiger partial charge in [0.25, 0.3) is 0 Å². The summed E-state index contributed by atoms with van der Waals surface area (Å²) in [5, 5.41) is 16.8. The van der Waals surface area contributed by atoms with Crippen molar-refractivity contribution in [2.24, 2.45) is 24.8 Å². The van der Waals surface area contributed by atoms with Crippen LogP contribution in [0.25, 0.3) is 11.4 Å². The van der Waals surface area contributed by atoms with Gasteiger partial charge in [0.05, 0.1) is 11.9 Å². The first-order valence-electron chi connectivity index (χ1n) is 11.0. The van der Waals surface area contributed by atoms with E-state index in [1.54, 1.807) is 0 Å². The van der Waals surface area contributed by atoms with Crippen molar-refractivity contribution >= 4 is 5.82 Å². The number of fused-ring (bicyclic) bond motifs is 1. The standard InChI is InChI=1S/C22H32N6O/c1-15-11-23-27(2)22(15)20-3-4-21(26-25-20)24-19-9-17-13-28(14-18(17)10-19)12-16-5-7-29-8-6-16/h3-4,11,16-19H,5-10,12-14H2,1-2H3,(H,24,26)/t17-,18+,19+. The lowest BCUT2D eigenvalue weighted by Crippen LogP contribution is -2.32. The SMILES string of the molecule is Cc1cnn(C)c1-c1ccc(N[C@H]2C[C@@H]3CN(CC4CCOCC4)C[C@@H]3C2)nn1. The summed E-state index contributed by atoms with van der Waals surface area (Å²) >= 11 is 0. The molecule has 0 radical (unpaired) electrons. The zero-order valence-corrected chi connectivity index (χ0v) is 17.5. The molecule has 2 aliphatic heterocycles. The highest BCUT2D eigenvalue weighted by Gasteiger charge is 2.41. The van der Waals surface area contributed by atoms with Crippen LogP contribution in [0.1, 0.15) is 31.2 Å². The van der Waals surface area contributed by atoms with Crippen LogP contribution in [0.2, 0.25) is 0 Å². The molecule has 3 aliphatic rings. The van der Waals surface area contributed by atoms with Gasteiger partial charge in [-0.3, -0.25) is 4.68 Å². The van der Waals surface area contributed by atoms with E-state index in [0.29, 0.717) is 6.04 Å². The Morgan fingerprint density at radius 1 is 1.10 bits per heavy atom. The molecule has 29 heavy (non-hydrogen) atoms. The third kappa shape index (κ3) is 4.03. The number of nitrogens with one attached hydrogen (secondary N) is 1. The number of hydrogen-bond acceptors (Lipinski definition) is 6. The van der Waals surface area contributed by atoms with Crippen molar-refractivity contribution in [3.05, 3.63) is 23.9 Å². The van der Waals surface area contributed by atoms with E-state index in [-0.39, 0.29) is 0 Å². The molecule has 156 valence electrons. The van der Waals surface area contributed by atoms with Gasteiger partial charge in [-0.05, 0) is 68.1 Å². The molecule has 0 unspecified atom stereocenters. The summed E-state index contributed by atoms with van der Waals surface area (Å²) in [6.07, 6.45) is 6.84. The fraction of sp³-hybridized carbons (Fsp3) is 0.682. The highest BCUT2D eigenvalue weighted by Crippen LogP contribution is 2.39. The molecule has 5 rings (SSSR count). The Bertz CT molecular complexity index is 795. The molecule has 0 spiro atoms. The van der Waals surface area contributed by atoms with E-state index in [4.69, 9.17) is 4.74 Å². The maximum absolute atomic E-state index is 5.51. The summed E-state index contributed by atoms with van der Waals surface area (Å²) in [5.74, 6) is 3.39. The first-order chi connectivity index (χ1) is 14.2. The lowest BCUT2D eigenvalue weighted by molar-refractivity contribution is 0.0545. The molecule has 0 bridgehead atoms. The van der Waals surface area contributed by atoms with Gasteiger partial charge in [0.15, 0.2) is 0 Å². The zero-order chi connectivity index (χ0) is 19.8. The highest BCUT2D eigenvalue weighted by molar-refractivity contribution is 5.59. The number of anilines is 1. The molecular weight excluding hydrogens is 364 g/mol. The quantitative estimate of drug-likeness (QED) is 0.838. The van der Waals surface area contributed by atoms with Gasteiger partial charge in [-0.1, -0.05) is 0 Å². The molecule has 1 saturated carbocycles. The summed E-state index contributed by atoms with van der Waals surface area (Å²) < 4.78 is 7.37. The molecule has 2 aromatic heterocycles. The number of likely N-dealkylation sites (tertiary alicyclic amines) is 1. The number of ether oxygens (including phenoxy) is 1. The summed E-state index contributed by atoms with van der Waals surface area (Å²) in [5.41, 5.74) is 3.03. The van der Waals surface area contributed by atoms with Crippen molar-refractivity contribution in [3.63, 3.8) is 0 Å². The molecule has 1 aliphatic carbocycles. The zero-order valence-electron chi connectivity index (χ0n) is 17.5. The van der Waals surface area contributed by atoms with Crippen molar-refractivity contribution in [2.45, 2.75) is 38.6 Å². The maximum Gasteiger partial charge on any atom is 0.148 e. The second-order valence-electron chi connectivity index (χ2n) is 9.21. The van der Waals surface area contributed by atoms with Crippen LogP contribution < -0.4 is 5.32 Å². The fourth-order valence-corrected chi connectivity index (χ4v) is 5.62. The van der Waals surface area contributed by atoms with Crippen LogP contribution in [0, 0.1) is 24.7 Å². The van der Waals surface area contributed by atoms with Crippen LogP contribution in [-0.4, -0.2) is 63.8 Å². The van der Waals surface area contributed by atoms with E-state index in [2.05, 4.69) is 38.5 Å². The van der Waals surface area contributed by atoms with Crippen LogP contribution in [0.3, 0.4) is 0 Å². The molecule has 4 heterocycles. The monoisotopic (exact) mass is 396 g/mol. The average Bonchev–Trinajstić information content (AvgIpc) is 3.36. The number of nitrogens with zero attached hydrogens (tertiary/aromatic N) is 5. The normalized spacial score (nSPS) is 28.0. The minimum absolute atomic E-state index is 0.522. The summed E-state index contributed by atoms with van der Waals surface area (Å²) in [4.78, 5) is 2.71. The Balaban J connectivity index is 1.14. The second-order valence-corrected chi connectivity index (χ2v) is 9.21. The molecule has 0 amide bonds. The first-order valence-corrected chi connectivity index (χ1v) is 11.0. The van der Waals surface area contributed by atoms with Crippen molar-refractivity contribution in [3.8, 4) is 11.4 Å². The molecule has 1 N–H and O–H groups in total. The topological polar surface area (TPSA) is 68.1 Å². The minimum Gasteiger partial charge on any atom is -0.381 e. The van der Waals surface area contributed by atoms with Gasteiger partial charge in [-0.2, -0.15) is 5.10 Å². The van der Waals surface area contributed by atoms with Crippen LogP contribution in [-0.2, 0) is 11.8 Å². The number of rotatable bonds is 5. The van der Waals surface area contributed by atoms with Crippen molar-refractivity contribution in [1.29, 1.82) is 0 Å². The molecule has 0 aromatic carbocycles. The van der Waals surface area contributed by atoms with Crippen LogP contribution >= 0.6 is 0 Å². The Labute approximate surface area is 172 Å². The van der Waals surface area contributed by atoms with E-state index >= 15 is 0 Å². The Morgan fingerprint density at radius 2 is 1.86 bits per heavy atom. The van der Waals surface area contributed by atoms with Gasteiger partial charge in [0.1, 0.15) is 11.5 Å². The van der Waals surface area contributed by atoms with Gasteiger partial charge < -0.3 is 15.0 Å². The lowest BCUT2D eigenvalue weighted by Gasteiger charge is -2.27. The van der Waals surface area contributed by atoms with Gasteiger partial charge >= 0.3 is 0 Å². The largest absolute Gasteiger partial charge is 0.381 e. The van der Waals surface area contributed by atoms with Gasteiger partial charge in [-0.25, -0.2) is 0 Å². The minimum atomic E-state index is 0.522. The highest BCUT2D eigenvalue weighted by atomic mass is 16.5. The molecule has 2 aromatic rings. The summed E-state index contributed by atoms with van der Waals surface area (Å²) in [7, 11) is 1.94. The number of aromatic nitrogens is 4. The Hall–Kier alpha value is -1.99. The van der Waals surface area contributed by atoms with E-state index < -0.39 is 0 Å². The van der Waals surface area contributed by atoms with Gasteiger partial charge in [0, 0.05) is 45.9 Å². The molecule has 3 fully saturated rings. The maximum atomic E-state index is 5.51. The second kappa shape index (κ2) is 8.03. The molecule has 2 saturated heterocycles. The summed E-state index contributed by atoms with van der Waals surface area (Å²) in [6.45, 7) is 7.78. The van der Waals surface area contributed by atoms with Gasteiger partial charge in [0.2, 0.25) is 0 Å². The third-order valence-electron chi connectivity index (χ3n) is 7.06. The number of hydrogen-bond donors (Lipinski definition) is 1. The average molecular weight is 397 g/mol. The van der Waals surface area contributed by atoms with E-state index in [1.807, 2.05) is 24.0 Å². The van der Waals surface area contributed by atoms with Crippen molar-refractivity contribution in [1.82, 2.24) is 24.9 Å². The van der Waals surface area contributed by atoms with E-state index in [9.17, 15) is 0 Å². The smallest absolute Gasteiger partial charge is 0.148 e. The van der Waals surface area contributed by atoms with E-state index in [0.717, 1.165) is 53.7 Å². The van der Waals surface area contributed by atoms with Gasteiger partial charge in [-0.15, -0.1) is 10.2 Å². The van der Waals surface area contributed by atoms with Crippen LogP contribution in [0.4, 0.5) is 5.82 Å². The Kier molecular flexibility index (Phi) is 5.26. The molecule has 7 heteroatoms. The fourth-order valence-electron chi connectivity index (χ4n) is 5.62. The molecule has 7 nitrogen and oxygen atoms in total. The van der Waals surface area contributed by atoms with Crippen LogP contribution in [0.5, 0.6) is 0 Å². The predicted molar refractivity (Wildman–Crippen MR) is 113 cm³/mol. The number of aryl methyl sites for hydroxylation is 2. The lowest BCUT2D eigenvalue weighted by atomic mass is 10.00. The third-order valence-corrected chi connectivity index (χ3v) is 7.06. The van der Waals surface area contributed by atoms with Crippen molar-refractivity contribution in [2.75, 3.05) is 38.2 Å². The Morgan fingerprint density at radius 3 is 2.48 bits per heavy atom. The van der Waals surface area contributed by atoms with Crippen LogP contribution in [0.15, 0.2) is 18.3 Å². The molecular formula is C22H32N6O. The van der Waals surface area contributed by atoms with E-state index in [1.165, 1.54) is 45.3 Å². The summed E-state index contributed by atoms with van der Waals surface area (Å²) in [6, 6.07) is 4.62. The predicted octanol–water partition coefficient (Wildman–Crippen LogP) is 2.73. The molecule has 3 atom stereocenters. The first kappa shape index (κ1) is 19.0.